The first kappa shape index (κ1) is 20.3. The molecule has 0 spiro atoms. The monoisotopic (exact) mass is 426 g/mol. The van der Waals surface area contributed by atoms with Crippen LogP contribution in [-0.4, -0.2) is 66.0 Å². The molecule has 3 heterocycles. The lowest BCUT2D eigenvalue weighted by Crippen LogP contribution is -2.52. The van der Waals surface area contributed by atoms with Crippen LogP contribution in [0.1, 0.15) is 62.2 Å². The molecule has 0 N–H and O–H groups in total. The van der Waals surface area contributed by atoms with Crippen LogP contribution in [0.4, 0.5) is 5.13 Å². The fourth-order valence-corrected chi connectivity index (χ4v) is 6.36. The molecule has 1 aliphatic carbocycles. The summed E-state index contributed by atoms with van der Waals surface area (Å²) in [5, 5.41) is 1.11. The molecular weight excluding hydrogens is 392 g/mol. The second kappa shape index (κ2) is 8.83. The number of benzene rings is 1. The third-order valence-electron chi connectivity index (χ3n) is 7.37. The minimum absolute atomic E-state index is 0.182. The first-order chi connectivity index (χ1) is 14.7. The van der Waals surface area contributed by atoms with Crippen LogP contribution in [0.25, 0.3) is 10.2 Å². The van der Waals surface area contributed by atoms with Gasteiger partial charge in [-0.1, -0.05) is 37.5 Å². The van der Waals surface area contributed by atoms with E-state index in [1.54, 1.807) is 11.3 Å². The van der Waals surface area contributed by atoms with E-state index in [9.17, 15) is 4.79 Å². The van der Waals surface area contributed by atoms with Gasteiger partial charge in [-0.05, 0) is 49.8 Å². The molecule has 0 unspecified atom stereocenters. The lowest BCUT2D eigenvalue weighted by atomic mass is 9.94. The first-order valence-corrected chi connectivity index (χ1v) is 12.7. The van der Waals surface area contributed by atoms with Gasteiger partial charge in [0.1, 0.15) is 0 Å². The number of nitrogens with zero attached hydrogens (tertiary/aromatic N) is 4. The van der Waals surface area contributed by atoms with Gasteiger partial charge in [0.05, 0.1) is 10.2 Å². The lowest BCUT2D eigenvalue weighted by molar-refractivity contribution is 0.0523. The number of aromatic nitrogens is 1. The molecule has 5 nitrogen and oxygen atoms in total. The zero-order chi connectivity index (χ0) is 20.5. The highest BCUT2D eigenvalue weighted by molar-refractivity contribution is 7.22. The molecule has 3 aliphatic rings. The highest BCUT2D eigenvalue weighted by Gasteiger charge is 2.28. The van der Waals surface area contributed by atoms with E-state index in [1.807, 2.05) is 12.1 Å². The normalized spacial score (nSPS) is 22.7. The van der Waals surface area contributed by atoms with Crippen molar-refractivity contribution in [3.8, 4) is 0 Å². The number of thiazole rings is 1. The van der Waals surface area contributed by atoms with Crippen LogP contribution in [0.3, 0.4) is 0 Å². The number of hydrogen-bond acceptors (Lipinski definition) is 5. The van der Waals surface area contributed by atoms with Gasteiger partial charge in [-0.2, -0.15) is 0 Å². The Labute approximate surface area is 184 Å². The van der Waals surface area contributed by atoms with Crippen LogP contribution >= 0.6 is 11.3 Å². The second-order valence-electron chi connectivity index (χ2n) is 9.47. The minimum atomic E-state index is 0.182. The molecule has 6 heteroatoms. The SMILES string of the molecule is CC1CCN(c2nc3ccc(C(=O)N4CCN(C5CCCCC5)CC4)cc3s2)CC1. The number of piperazine rings is 1. The third-order valence-corrected chi connectivity index (χ3v) is 8.45. The number of carbonyl (C=O) groups excluding carboxylic acids is 1. The largest absolute Gasteiger partial charge is 0.348 e. The zero-order valence-electron chi connectivity index (χ0n) is 18.2. The van der Waals surface area contributed by atoms with E-state index in [2.05, 4.69) is 27.7 Å². The molecule has 1 aromatic carbocycles. The maximum Gasteiger partial charge on any atom is 0.253 e. The van der Waals surface area contributed by atoms with Gasteiger partial charge in [0.15, 0.2) is 5.13 Å². The lowest BCUT2D eigenvalue weighted by Gasteiger charge is -2.40. The van der Waals surface area contributed by atoms with Gasteiger partial charge < -0.3 is 9.80 Å². The standard InChI is InChI=1S/C24H34N4OS/c1-18-9-11-28(12-10-18)24-25-21-8-7-19(17-22(21)30-24)23(29)27-15-13-26(14-16-27)20-5-3-2-4-6-20/h7-8,17-18,20H,2-6,9-16H2,1H3. The van der Waals surface area contributed by atoms with Gasteiger partial charge >= 0.3 is 0 Å². The highest BCUT2D eigenvalue weighted by atomic mass is 32.1. The number of rotatable bonds is 3. The summed E-state index contributed by atoms with van der Waals surface area (Å²) in [5.74, 6) is 1.00. The molecule has 0 radical (unpaired) electrons. The van der Waals surface area contributed by atoms with Gasteiger partial charge in [0.25, 0.3) is 5.91 Å². The molecule has 2 aromatic rings. The Morgan fingerprint density at radius 2 is 1.70 bits per heavy atom. The Balaban J connectivity index is 1.24. The van der Waals surface area contributed by atoms with Gasteiger partial charge in [-0.15, -0.1) is 0 Å². The van der Waals surface area contributed by atoms with Crippen molar-refractivity contribution >= 4 is 32.6 Å². The number of piperidine rings is 1. The molecule has 1 saturated carbocycles. The molecule has 2 aliphatic heterocycles. The molecule has 5 rings (SSSR count). The Morgan fingerprint density at radius 1 is 0.967 bits per heavy atom. The molecule has 162 valence electrons. The van der Waals surface area contributed by atoms with Crippen molar-refractivity contribution in [3.05, 3.63) is 23.8 Å². The fraction of sp³-hybridized carbons (Fsp3) is 0.667. The van der Waals surface area contributed by atoms with E-state index in [0.717, 1.165) is 72.1 Å². The molecule has 3 fully saturated rings. The van der Waals surface area contributed by atoms with Crippen molar-refractivity contribution in [2.45, 2.75) is 57.9 Å². The van der Waals surface area contributed by atoms with E-state index in [0.29, 0.717) is 0 Å². The Morgan fingerprint density at radius 3 is 2.43 bits per heavy atom. The summed E-state index contributed by atoms with van der Waals surface area (Å²) in [4.78, 5) is 25.1. The summed E-state index contributed by atoms with van der Waals surface area (Å²) in [6.45, 7) is 8.28. The Hall–Kier alpha value is -1.66. The van der Waals surface area contributed by atoms with Crippen molar-refractivity contribution in [1.82, 2.24) is 14.8 Å². The van der Waals surface area contributed by atoms with Crippen LogP contribution in [-0.2, 0) is 0 Å². The van der Waals surface area contributed by atoms with Crippen LogP contribution < -0.4 is 4.90 Å². The Bertz CT molecular complexity index is 874. The van der Waals surface area contributed by atoms with Crippen LogP contribution in [0, 0.1) is 5.92 Å². The van der Waals surface area contributed by atoms with E-state index in [-0.39, 0.29) is 5.91 Å². The van der Waals surface area contributed by atoms with Gasteiger partial charge in [-0.3, -0.25) is 9.69 Å². The molecule has 1 amide bonds. The smallest absolute Gasteiger partial charge is 0.253 e. The van der Waals surface area contributed by atoms with E-state index in [4.69, 9.17) is 4.98 Å². The number of amides is 1. The fourth-order valence-electron chi connectivity index (χ4n) is 5.30. The summed E-state index contributed by atoms with van der Waals surface area (Å²) in [5.41, 5.74) is 1.84. The van der Waals surface area contributed by atoms with Crippen molar-refractivity contribution < 1.29 is 4.79 Å². The number of anilines is 1. The predicted octanol–water partition coefficient (Wildman–Crippen LogP) is 4.62. The van der Waals surface area contributed by atoms with E-state index >= 15 is 0 Å². The number of carbonyl (C=O) groups is 1. The van der Waals surface area contributed by atoms with E-state index in [1.165, 1.54) is 44.9 Å². The predicted molar refractivity (Wildman–Crippen MR) is 125 cm³/mol. The van der Waals surface area contributed by atoms with Gasteiger partial charge in [-0.25, -0.2) is 4.98 Å². The minimum Gasteiger partial charge on any atom is -0.348 e. The molecule has 1 aromatic heterocycles. The molecule has 2 saturated heterocycles. The van der Waals surface area contributed by atoms with Crippen molar-refractivity contribution in [2.24, 2.45) is 5.92 Å². The average Bonchev–Trinajstić information content (AvgIpc) is 3.23. The average molecular weight is 427 g/mol. The second-order valence-corrected chi connectivity index (χ2v) is 10.5. The quantitative estimate of drug-likeness (QED) is 0.718. The van der Waals surface area contributed by atoms with Gasteiger partial charge in [0, 0.05) is 50.9 Å². The van der Waals surface area contributed by atoms with Crippen LogP contribution in [0.5, 0.6) is 0 Å². The molecule has 0 bridgehead atoms. The molecular formula is C24H34N4OS. The maximum atomic E-state index is 13.2. The summed E-state index contributed by atoms with van der Waals surface area (Å²) in [6.07, 6.45) is 9.31. The van der Waals surface area contributed by atoms with Gasteiger partial charge in [0.2, 0.25) is 0 Å². The topological polar surface area (TPSA) is 39.7 Å². The van der Waals surface area contributed by atoms with Crippen molar-refractivity contribution in [1.29, 1.82) is 0 Å². The summed E-state index contributed by atoms with van der Waals surface area (Å²) < 4.78 is 1.13. The molecule has 30 heavy (non-hydrogen) atoms. The van der Waals surface area contributed by atoms with Crippen molar-refractivity contribution in [2.75, 3.05) is 44.2 Å². The van der Waals surface area contributed by atoms with Crippen LogP contribution in [0.15, 0.2) is 18.2 Å². The maximum absolute atomic E-state index is 13.2. The first-order valence-electron chi connectivity index (χ1n) is 11.9. The summed E-state index contributed by atoms with van der Waals surface area (Å²) in [6, 6.07) is 6.83. The summed E-state index contributed by atoms with van der Waals surface area (Å²) >= 11 is 1.74. The molecule has 0 atom stereocenters. The number of hydrogen-bond donors (Lipinski definition) is 0. The zero-order valence-corrected chi connectivity index (χ0v) is 19.0. The van der Waals surface area contributed by atoms with E-state index < -0.39 is 0 Å². The third kappa shape index (κ3) is 4.22. The number of fused-ring (bicyclic) bond motifs is 1. The van der Waals surface area contributed by atoms with Crippen LogP contribution in [0.2, 0.25) is 0 Å². The Kier molecular flexibility index (Phi) is 5.96. The van der Waals surface area contributed by atoms with Crippen molar-refractivity contribution in [3.63, 3.8) is 0 Å². The summed E-state index contributed by atoms with van der Waals surface area (Å²) in [7, 11) is 0. The highest BCUT2D eigenvalue weighted by Crippen LogP contribution is 2.32.